The van der Waals surface area contributed by atoms with E-state index in [1.807, 2.05) is 31.3 Å². The van der Waals surface area contributed by atoms with Crippen LogP contribution in [0, 0.1) is 42.9 Å². The highest BCUT2D eigenvalue weighted by molar-refractivity contribution is 6.33. The van der Waals surface area contributed by atoms with Crippen LogP contribution < -0.4 is 15.5 Å². The van der Waals surface area contributed by atoms with Crippen molar-refractivity contribution >= 4 is 28.9 Å². The van der Waals surface area contributed by atoms with Crippen molar-refractivity contribution in [3.05, 3.63) is 93.2 Å². The van der Waals surface area contributed by atoms with Crippen LogP contribution in [0.4, 0.5) is 33.3 Å². The molecule has 0 heterocycles. The van der Waals surface area contributed by atoms with Gasteiger partial charge in [0.2, 0.25) is 5.82 Å². The molecule has 0 spiro atoms. The van der Waals surface area contributed by atoms with E-state index in [1.54, 1.807) is 13.0 Å². The van der Waals surface area contributed by atoms with Gasteiger partial charge in [-0.3, -0.25) is 4.79 Å². The summed E-state index contributed by atoms with van der Waals surface area (Å²) in [7, 11) is 0. The first-order chi connectivity index (χ1) is 16.9. The van der Waals surface area contributed by atoms with E-state index < -0.39 is 52.0 Å². The van der Waals surface area contributed by atoms with Crippen molar-refractivity contribution in [2.45, 2.75) is 20.8 Å². The van der Waals surface area contributed by atoms with Gasteiger partial charge in [0.25, 0.3) is 5.91 Å². The number of halogens is 6. The van der Waals surface area contributed by atoms with E-state index in [4.69, 9.17) is 21.2 Å². The standard InChI is InChI=1S/C24H18ClF5N2O4/c1-10-4-5-17(11(2)6-10)35-9-12(3)36-32-14-8-16(33)15(7-13(14)25)31-24(34)18-19(26)21(28)23(30)22(29)20(18)27/h4-9,32-33H,1-3H3,(H,31,34)/b12-9+. The molecule has 0 radical (unpaired) electrons. The fourth-order valence-corrected chi connectivity index (χ4v) is 3.17. The fourth-order valence-electron chi connectivity index (χ4n) is 2.97. The van der Waals surface area contributed by atoms with E-state index >= 15 is 0 Å². The number of carbonyl (C=O) groups is 1. The Morgan fingerprint density at radius 1 is 0.944 bits per heavy atom. The van der Waals surface area contributed by atoms with Crippen LogP contribution in [0.1, 0.15) is 28.4 Å². The van der Waals surface area contributed by atoms with E-state index in [9.17, 15) is 31.9 Å². The average molecular weight is 529 g/mol. The van der Waals surface area contributed by atoms with Crippen molar-refractivity contribution < 1.29 is 41.4 Å². The molecular formula is C24H18ClF5N2O4. The number of carbonyl (C=O) groups excluding carboxylic acids is 1. The summed E-state index contributed by atoms with van der Waals surface area (Å²) in [5.41, 5.74) is 2.25. The number of amides is 1. The molecule has 1 amide bonds. The highest BCUT2D eigenvalue weighted by atomic mass is 35.5. The lowest BCUT2D eigenvalue weighted by molar-refractivity contribution is 0.101. The molecule has 0 fully saturated rings. The fraction of sp³-hybridized carbons (Fsp3) is 0.125. The van der Waals surface area contributed by atoms with E-state index in [2.05, 4.69) is 5.48 Å². The molecule has 6 nitrogen and oxygen atoms in total. The molecule has 3 aromatic rings. The van der Waals surface area contributed by atoms with Gasteiger partial charge in [-0.25, -0.2) is 27.4 Å². The van der Waals surface area contributed by atoms with Gasteiger partial charge >= 0.3 is 0 Å². The Morgan fingerprint density at radius 2 is 1.56 bits per heavy atom. The summed E-state index contributed by atoms with van der Waals surface area (Å²) in [6.07, 6.45) is 1.32. The predicted octanol–water partition coefficient (Wildman–Crippen LogP) is 6.89. The predicted molar refractivity (Wildman–Crippen MR) is 122 cm³/mol. The summed E-state index contributed by atoms with van der Waals surface area (Å²) in [4.78, 5) is 17.5. The third kappa shape index (κ3) is 5.62. The normalized spacial score (nSPS) is 11.3. The zero-order chi connectivity index (χ0) is 26.7. The molecule has 0 saturated carbocycles. The third-order valence-electron chi connectivity index (χ3n) is 4.77. The molecule has 0 aliphatic carbocycles. The Hall–Kier alpha value is -3.99. The second-order valence-corrected chi connectivity index (χ2v) is 7.97. The van der Waals surface area contributed by atoms with Crippen molar-refractivity contribution in [2.24, 2.45) is 0 Å². The maximum absolute atomic E-state index is 13.9. The number of benzene rings is 3. The molecule has 3 aromatic carbocycles. The molecule has 36 heavy (non-hydrogen) atoms. The third-order valence-corrected chi connectivity index (χ3v) is 5.09. The van der Waals surface area contributed by atoms with Crippen LogP contribution in [0.25, 0.3) is 0 Å². The Balaban J connectivity index is 1.72. The van der Waals surface area contributed by atoms with Gasteiger partial charge in [0, 0.05) is 6.07 Å². The Morgan fingerprint density at radius 3 is 2.17 bits per heavy atom. The second-order valence-electron chi connectivity index (χ2n) is 7.57. The molecule has 12 heteroatoms. The van der Waals surface area contributed by atoms with E-state index in [0.717, 1.165) is 23.3 Å². The van der Waals surface area contributed by atoms with Crippen LogP contribution >= 0.6 is 11.6 Å². The first-order valence-electron chi connectivity index (χ1n) is 10.1. The number of anilines is 2. The van der Waals surface area contributed by atoms with Crippen LogP contribution in [0.3, 0.4) is 0 Å². The summed E-state index contributed by atoms with van der Waals surface area (Å²) in [6, 6.07) is 7.56. The lowest BCUT2D eigenvalue weighted by atomic mass is 10.1. The van der Waals surface area contributed by atoms with Gasteiger partial charge in [0.15, 0.2) is 29.0 Å². The van der Waals surface area contributed by atoms with Crippen molar-refractivity contribution in [3.8, 4) is 11.5 Å². The first kappa shape index (κ1) is 26.6. The van der Waals surface area contributed by atoms with E-state index in [-0.39, 0.29) is 16.5 Å². The number of phenols is 1. The second kappa shape index (κ2) is 10.7. The van der Waals surface area contributed by atoms with Crippen molar-refractivity contribution in [1.82, 2.24) is 0 Å². The van der Waals surface area contributed by atoms with Crippen molar-refractivity contribution in [3.63, 3.8) is 0 Å². The molecular weight excluding hydrogens is 511 g/mol. The van der Waals surface area contributed by atoms with Crippen molar-refractivity contribution in [2.75, 3.05) is 10.8 Å². The van der Waals surface area contributed by atoms with Crippen LogP contribution in [0.2, 0.25) is 5.02 Å². The van der Waals surface area contributed by atoms with Crippen molar-refractivity contribution in [1.29, 1.82) is 0 Å². The Kier molecular flexibility index (Phi) is 7.93. The number of hydrogen-bond donors (Lipinski definition) is 3. The lowest BCUT2D eigenvalue weighted by Gasteiger charge is -2.14. The maximum Gasteiger partial charge on any atom is 0.261 e. The molecule has 190 valence electrons. The number of aromatic hydroxyl groups is 1. The summed E-state index contributed by atoms with van der Waals surface area (Å²) in [6.45, 7) is 5.38. The number of phenolic OH excluding ortho intramolecular Hbond substituents is 1. The van der Waals surface area contributed by atoms with Gasteiger partial charge in [-0.05, 0) is 38.5 Å². The monoisotopic (exact) mass is 528 g/mol. The first-order valence-corrected chi connectivity index (χ1v) is 10.5. The van der Waals surface area contributed by atoms with Crippen LogP contribution in [0.5, 0.6) is 11.5 Å². The number of ether oxygens (including phenoxy) is 1. The maximum atomic E-state index is 13.9. The highest BCUT2D eigenvalue weighted by Crippen LogP contribution is 2.35. The molecule has 0 saturated heterocycles. The summed E-state index contributed by atoms with van der Waals surface area (Å²) in [5, 5.41) is 11.9. The highest BCUT2D eigenvalue weighted by Gasteiger charge is 2.30. The summed E-state index contributed by atoms with van der Waals surface area (Å²) < 4.78 is 73.3. The largest absolute Gasteiger partial charge is 0.506 e. The summed E-state index contributed by atoms with van der Waals surface area (Å²) >= 11 is 6.08. The lowest BCUT2D eigenvalue weighted by Crippen LogP contribution is -2.19. The zero-order valence-corrected chi connectivity index (χ0v) is 19.7. The minimum absolute atomic E-state index is 0.0164. The van der Waals surface area contributed by atoms with Gasteiger partial charge in [-0.2, -0.15) is 0 Å². The average Bonchev–Trinajstić information content (AvgIpc) is 2.82. The molecule has 0 atom stereocenters. The van der Waals surface area contributed by atoms with Gasteiger partial charge in [-0.1, -0.05) is 29.3 Å². The SMILES string of the molecule is C/C(=C\Oc1ccc(C)cc1C)ONc1cc(O)c(NC(=O)c2c(F)c(F)c(F)c(F)c2F)cc1Cl. The quantitative estimate of drug-likeness (QED) is 0.0777. The molecule has 0 aliphatic heterocycles. The van der Waals surface area contributed by atoms with E-state index in [0.29, 0.717) is 5.75 Å². The number of rotatable bonds is 7. The number of allylic oxidation sites excluding steroid dienone is 1. The molecule has 3 rings (SSSR count). The van der Waals surface area contributed by atoms with E-state index in [1.165, 1.54) is 6.26 Å². The topological polar surface area (TPSA) is 79.8 Å². The minimum Gasteiger partial charge on any atom is -0.506 e. The van der Waals surface area contributed by atoms with Crippen LogP contribution in [-0.4, -0.2) is 11.0 Å². The molecule has 0 aliphatic rings. The van der Waals surface area contributed by atoms with Gasteiger partial charge < -0.3 is 20.0 Å². The van der Waals surface area contributed by atoms with Gasteiger partial charge in [0.1, 0.15) is 23.3 Å². The van der Waals surface area contributed by atoms with Crippen LogP contribution in [0.15, 0.2) is 42.4 Å². The van der Waals surface area contributed by atoms with Gasteiger partial charge in [0.05, 0.1) is 16.4 Å². The molecule has 0 bridgehead atoms. The van der Waals surface area contributed by atoms with Gasteiger partial charge in [-0.15, -0.1) is 0 Å². The number of hydrogen-bond acceptors (Lipinski definition) is 5. The minimum atomic E-state index is -2.41. The zero-order valence-electron chi connectivity index (χ0n) is 18.9. The molecule has 0 unspecified atom stereocenters. The Labute approximate surface area is 206 Å². The number of nitrogens with one attached hydrogen (secondary N) is 2. The summed E-state index contributed by atoms with van der Waals surface area (Å²) in [5.74, 6) is -13.1. The van der Waals surface area contributed by atoms with Crippen LogP contribution in [-0.2, 0) is 4.84 Å². The Bertz CT molecular complexity index is 1350. The number of aryl methyl sites for hydroxylation is 2. The smallest absolute Gasteiger partial charge is 0.261 e. The molecule has 0 aromatic heterocycles. The molecule has 3 N–H and O–H groups in total.